The summed E-state index contributed by atoms with van der Waals surface area (Å²) in [5.74, 6) is -1.09. The second-order valence-corrected chi connectivity index (χ2v) is 7.17. The van der Waals surface area contributed by atoms with Crippen molar-refractivity contribution in [3.05, 3.63) is 47.0 Å². The van der Waals surface area contributed by atoms with Crippen LogP contribution in [0.15, 0.2) is 30.3 Å². The van der Waals surface area contributed by atoms with Crippen molar-refractivity contribution >= 4 is 11.8 Å². The molecule has 150 valence electrons. The monoisotopic (exact) mass is 398 g/mol. The van der Waals surface area contributed by atoms with Crippen LogP contribution < -0.4 is 18.9 Å². The van der Waals surface area contributed by atoms with E-state index in [4.69, 9.17) is 23.7 Å². The molecule has 0 bridgehead atoms. The summed E-state index contributed by atoms with van der Waals surface area (Å²) in [6.07, 6.45) is 0. The first-order chi connectivity index (χ1) is 14.0. The number of carbonyl (C=O) groups is 2. The smallest absolute Gasteiger partial charge is 0.313 e. The van der Waals surface area contributed by atoms with Gasteiger partial charge in [-0.25, -0.2) is 0 Å². The summed E-state index contributed by atoms with van der Waals surface area (Å²) in [6.45, 7) is -0.00557. The first-order valence-corrected chi connectivity index (χ1v) is 9.09. The second kappa shape index (κ2) is 6.12. The van der Waals surface area contributed by atoms with Crippen LogP contribution in [0.25, 0.3) is 0 Å². The van der Waals surface area contributed by atoms with E-state index in [1.807, 2.05) is 0 Å². The summed E-state index contributed by atoms with van der Waals surface area (Å²) in [6, 6.07) is 8.03. The van der Waals surface area contributed by atoms with Gasteiger partial charge in [0.25, 0.3) is 0 Å². The van der Waals surface area contributed by atoms with E-state index in [-0.39, 0.29) is 30.3 Å². The van der Waals surface area contributed by atoms with Crippen molar-refractivity contribution < 1.29 is 38.4 Å². The van der Waals surface area contributed by atoms with Crippen LogP contribution in [0.3, 0.4) is 0 Å². The highest BCUT2D eigenvalue weighted by atomic mass is 16.7. The van der Waals surface area contributed by atoms with E-state index in [9.17, 15) is 14.7 Å². The van der Waals surface area contributed by atoms with Gasteiger partial charge < -0.3 is 28.8 Å². The third-order valence-electron chi connectivity index (χ3n) is 5.86. The zero-order chi connectivity index (χ0) is 20.3. The largest absolute Gasteiger partial charge is 0.493 e. The number of methoxy groups -OCH3 is 2. The Hall–Kier alpha value is -3.26. The number of esters is 1. The van der Waals surface area contributed by atoms with Gasteiger partial charge in [0.1, 0.15) is 18.1 Å². The van der Waals surface area contributed by atoms with Gasteiger partial charge in [-0.2, -0.15) is 0 Å². The maximum atomic E-state index is 13.1. The number of hydrogen-bond acceptors (Lipinski definition) is 8. The molecule has 3 atom stereocenters. The van der Waals surface area contributed by atoms with Crippen molar-refractivity contribution in [2.24, 2.45) is 11.8 Å². The molecule has 8 nitrogen and oxygen atoms in total. The van der Waals surface area contributed by atoms with E-state index in [1.165, 1.54) is 20.3 Å². The van der Waals surface area contributed by atoms with Crippen molar-refractivity contribution in [1.82, 2.24) is 0 Å². The average molecular weight is 398 g/mol. The molecule has 0 spiro atoms. The van der Waals surface area contributed by atoms with E-state index in [0.717, 1.165) is 0 Å². The molecule has 0 aromatic heterocycles. The Morgan fingerprint density at radius 1 is 1.00 bits per heavy atom. The molecule has 2 aromatic rings. The minimum atomic E-state index is -1.82. The van der Waals surface area contributed by atoms with Crippen LogP contribution in [0.4, 0.5) is 0 Å². The number of aliphatic hydroxyl groups is 1. The number of cyclic esters (lactones) is 1. The molecular weight excluding hydrogens is 380 g/mol. The van der Waals surface area contributed by atoms with E-state index in [0.29, 0.717) is 28.6 Å². The van der Waals surface area contributed by atoms with Gasteiger partial charge in [-0.3, -0.25) is 9.59 Å². The molecule has 0 unspecified atom stereocenters. The number of ether oxygens (including phenoxy) is 5. The molecule has 2 aliphatic heterocycles. The number of fused-ring (bicyclic) bond motifs is 3. The number of carbonyl (C=O) groups excluding carboxylic acids is 2. The summed E-state index contributed by atoms with van der Waals surface area (Å²) >= 11 is 0. The lowest BCUT2D eigenvalue weighted by Crippen LogP contribution is -2.49. The highest BCUT2D eigenvalue weighted by Gasteiger charge is 2.60. The van der Waals surface area contributed by atoms with E-state index >= 15 is 0 Å². The summed E-state index contributed by atoms with van der Waals surface area (Å²) in [5.41, 5.74) is -0.889. The fraction of sp³-hybridized carbons (Fsp3) is 0.333. The summed E-state index contributed by atoms with van der Waals surface area (Å²) in [5, 5.41) is 12.0. The number of hydrogen-bond donors (Lipinski definition) is 1. The Balaban J connectivity index is 1.80. The van der Waals surface area contributed by atoms with Crippen molar-refractivity contribution in [2.45, 2.75) is 5.60 Å². The van der Waals surface area contributed by atoms with Gasteiger partial charge in [-0.1, -0.05) is 6.07 Å². The van der Waals surface area contributed by atoms with Crippen LogP contribution in [0.5, 0.6) is 23.0 Å². The highest BCUT2D eigenvalue weighted by Crippen LogP contribution is 2.53. The SMILES string of the molecule is COc1cc2c(cc1OC)[C@@](O)(c1ccc3c(c1)OCO3)[C@H]1C(=O)OC[C@H]1C2=O. The van der Waals surface area contributed by atoms with Crippen LogP contribution in [-0.4, -0.2) is 44.5 Å². The maximum Gasteiger partial charge on any atom is 0.313 e. The normalized spacial score (nSPS) is 26.6. The van der Waals surface area contributed by atoms with Crippen LogP contribution >= 0.6 is 0 Å². The van der Waals surface area contributed by atoms with Gasteiger partial charge in [-0.15, -0.1) is 0 Å². The Labute approximate surface area is 165 Å². The first kappa shape index (κ1) is 17.8. The molecule has 2 heterocycles. The third-order valence-corrected chi connectivity index (χ3v) is 5.86. The fourth-order valence-corrected chi connectivity index (χ4v) is 4.45. The second-order valence-electron chi connectivity index (χ2n) is 7.17. The van der Waals surface area contributed by atoms with Gasteiger partial charge >= 0.3 is 5.97 Å². The number of ketones is 1. The standard InChI is InChI=1S/C21H18O8/c1-25-15-6-11-13(7-16(15)26-2)21(24,18-12(19(11)22)8-27-20(18)23)10-3-4-14-17(5-10)29-9-28-14/h3-7,12,18,24H,8-9H2,1-2H3/t12-,18-,21+/m1/s1. The Morgan fingerprint density at radius 2 is 1.72 bits per heavy atom. The van der Waals surface area contributed by atoms with Gasteiger partial charge in [0.2, 0.25) is 6.79 Å². The topological polar surface area (TPSA) is 101 Å². The number of benzene rings is 2. The molecule has 8 heteroatoms. The van der Waals surface area contributed by atoms with Gasteiger partial charge in [0, 0.05) is 11.1 Å². The summed E-state index contributed by atoms with van der Waals surface area (Å²) in [7, 11) is 2.92. The molecule has 1 saturated heterocycles. The number of Topliss-reactive ketones (excluding diaryl/α,β-unsaturated/α-hetero) is 1. The first-order valence-electron chi connectivity index (χ1n) is 9.09. The van der Waals surface area contributed by atoms with Crippen molar-refractivity contribution in [3.63, 3.8) is 0 Å². The average Bonchev–Trinajstić information content (AvgIpc) is 3.37. The van der Waals surface area contributed by atoms with Crippen molar-refractivity contribution in [1.29, 1.82) is 0 Å². The predicted molar refractivity (Wildman–Crippen MR) is 97.4 cm³/mol. The molecule has 2 aromatic carbocycles. The summed E-state index contributed by atoms with van der Waals surface area (Å²) in [4.78, 5) is 25.8. The van der Waals surface area contributed by atoms with Crippen LogP contribution in [-0.2, 0) is 15.1 Å². The van der Waals surface area contributed by atoms with Crippen LogP contribution in [0.2, 0.25) is 0 Å². The Morgan fingerprint density at radius 3 is 2.48 bits per heavy atom. The molecule has 1 aliphatic carbocycles. The molecule has 1 N–H and O–H groups in total. The fourth-order valence-electron chi connectivity index (χ4n) is 4.45. The quantitative estimate of drug-likeness (QED) is 0.779. The Kier molecular flexibility index (Phi) is 3.76. The lowest BCUT2D eigenvalue weighted by molar-refractivity contribution is -0.147. The van der Waals surface area contributed by atoms with Crippen molar-refractivity contribution in [3.8, 4) is 23.0 Å². The van der Waals surface area contributed by atoms with Crippen molar-refractivity contribution in [2.75, 3.05) is 27.6 Å². The maximum absolute atomic E-state index is 13.1. The minimum absolute atomic E-state index is 0.0748. The van der Waals surface area contributed by atoms with E-state index in [2.05, 4.69) is 0 Å². The lowest BCUT2D eigenvalue weighted by atomic mass is 9.63. The van der Waals surface area contributed by atoms with E-state index in [1.54, 1.807) is 24.3 Å². The summed E-state index contributed by atoms with van der Waals surface area (Å²) < 4.78 is 26.7. The number of rotatable bonds is 3. The van der Waals surface area contributed by atoms with Crippen LogP contribution in [0.1, 0.15) is 21.5 Å². The zero-order valence-electron chi connectivity index (χ0n) is 15.8. The van der Waals surface area contributed by atoms with E-state index < -0.39 is 23.4 Å². The highest BCUT2D eigenvalue weighted by molar-refractivity contribution is 6.06. The molecule has 29 heavy (non-hydrogen) atoms. The molecule has 1 fully saturated rings. The van der Waals surface area contributed by atoms with Gasteiger partial charge in [0.05, 0.1) is 20.1 Å². The molecule has 3 aliphatic rings. The Bertz CT molecular complexity index is 1050. The van der Waals surface area contributed by atoms with Gasteiger partial charge in [-0.05, 0) is 29.8 Å². The van der Waals surface area contributed by atoms with Crippen LogP contribution in [0, 0.1) is 11.8 Å². The molecular formula is C21H18O8. The molecule has 0 amide bonds. The third kappa shape index (κ3) is 2.29. The molecule has 5 rings (SSSR count). The lowest BCUT2D eigenvalue weighted by Gasteiger charge is -2.40. The van der Waals surface area contributed by atoms with Gasteiger partial charge in [0.15, 0.2) is 28.8 Å². The molecule has 0 radical (unpaired) electrons. The molecule has 0 saturated carbocycles. The minimum Gasteiger partial charge on any atom is -0.493 e. The zero-order valence-corrected chi connectivity index (χ0v) is 15.8. The predicted octanol–water partition coefficient (Wildman–Crippen LogP) is 1.65.